The second kappa shape index (κ2) is 5.32. The molecular weight excluding hydrogens is 288 g/mol. The maximum Gasteiger partial charge on any atom is 0.296 e. The van der Waals surface area contributed by atoms with Gasteiger partial charge in [0.1, 0.15) is 11.4 Å². The smallest absolute Gasteiger partial charge is 0.296 e. The van der Waals surface area contributed by atoms with E-state index >= 15 is 0 Å². The molecule has 1 aliphatic carbocycles. The van der Waals surface area contributed by atoms with Crippen molar-refractivity contribution in [1.82, 2.24) is 0 Å². The van der Waals surface area contributed by atoms with E-state index in [9.17, 15) is 20.0 Å². The molecule has 0 amide bonds. The van der Waals surface area contributed by atoms with E-state index in [1.807, 2.05) is 12.2 Å². The largest absolute Gasteiger partial charge is 0.548 e. The van der Waals surface area contributed by atoms with Gasteiger partial charge in [-0.3, -0.25) is 10.1 Å². The number of nitrogens with zero attached hydrogens (tertiary/aromatic N) is 1. The van der Waals surface area contributed by atoms with Crippen molar-refractivity contribution in [2.75, 3.05) is 11.9 Å². The molecule has 1 N–H and O–H groups in total. The van der Waals surface area contributed by atoms with Gasteiger partial charge in [-0.1, -0.05) is 12.2 Å². The van der Waals surface area contributed by atoms with Crippen LogP contribution in [-0.2, 0) is 4.79 Å². The number of carbonyl (C=O) groups excluding carboxylic acids is 1. The lowest BCUT2D eigenvalue weighted by molar-refractivity contribution is -0.384. The molecule has 0 saturated carbocycles. The van der Waals surface area contributed by atoms with Crippen LogP contribution in [0.5, 0.6) is 5.75 Å². The third kappa shape index (κ3) is 2.18. The Labute approximate surface area is 126 Å². The van der Waals surface area contributed by atoms with Gasteiger partial charge in [0.25, 0.3) is 5.69 Å². The number of aliphatic carboxylic acids is 1. The Balaban J connectivity index is 2.16. The maximum atomic E-state index is 11.4. The number of carboxylic acids is 1. The highest BCUT2D eigenvalue weighted by Gasteiger charge is 2.41. The maximum absolute atomic E-state index is 11.4. The summed E-state index contributed by atoms with van der Waals surface area (Å²) >= 11 is 0. The molecule has 1 aromatic rings. The monoisotopic (exact) mass is 303 g/mol. The Morgan fingerprint density at radius 3 is 2.91 bits per heavy atom. The molecule has 7 heteroatoms. The zero-order chi connectivity index (χ0) is 15.9. The van der Waals surface area contributed by atoms with Crippen molar-refractivity contribution < 1.29 is 19.6 Å². The minimum absolute atomic E-state index is 0.175. The predicted octanol–water partition coefficient (Wildman–Crippen LogP) is 1.20. The Morgan fingerprint density at radius 2 is 2.27 bits per heavy atom. The van der Waals surface area contributed by atoms with Gasteiger partial charge in [-0.05, 0) is 30.9 Å². The van der Waals surface area contributed by atoms with E-state index in [0.717, 1.165) is 0 Å². The van der Waals surface area contributed by atoms with E-state index in [2.05, 4.69) is 5.32 Å². The lowest BCUT2D eigenvalue weighted by Gasteiger charge is -2.37. The molecule has 0 bridgehead atoms. The summed E-state index contributed by atoms with van der Waals surface area (Å²) in [6.07, 6.45) is 4.41. The minimum atomic E-state index is -1.24. The second-order valence-corrected chi connectivity index (χ2v) is 5.39. The first-order valence-electron chi connectivity index (χ1n) is 7.12. The zero-order valence-electron chi connectivity index (χ0n) is 11.9. The van der Waals surface area contributed by atoms with Gasteiger partial charge in [0, 0.05) is 5.92 Å². The Morgan fingerprint density at radius 1 is 1.50 bits per heavy atom. The number of carboxylic acid groups (broad SMARTS) is 1. The topological polar surface area (TPSA) is 105 Å². The van der Waals surface area contributed by atoms with Crippen molar-refractivity contribution in [1.29, 1.82) is 0 Å². The number of hydrogen-bond acceptors (Lipinski definition) is 6. The molecule has 0 fully saturated rings. The van der Waals surface area contributed by atoms with Crippen LogP contribution in [0.15, 0.2) is 24.3 Å². The van der Waals surface area contributed by atoms with Gasteiger partial charge in [-0.2, -0.15) is 0 Å². The molecule has 116 valence electrons. The number of anilines is 1. The third-order valence-corrected chi connectivity index (χ3v) is 4.18. The molecule has 0 aromatic heterocycles. The van der Waals surface area contributed by atoms with Gasteiger partial charge in [0.2, 0.25) is 0 Å². The van der Waals surface area contributed by atoms with Gasteiger partial charge >= 0.3 is 0 Å². The first-order chi connectivity index (χ1) is 10.5. The molecule has 0 unspecified atom stereocenters. The summed E-state index contributed by atoms with van der Waals surface area (Å²) in [5.74, 6) is -1.21. The van der Waals surface area contributed by atoms with Crippen LogP contribution in [0.25, 0.3) is 0 Å². The van der Waals surface area contributed by atoms with Crippen molar-refractivity contribution in [2.45, 2.75) is 25.3 Å². The quantitative estimate of drug-likeness (QED) is 0.509. The standard InChI is InChI=1S/C15H16N2O5/c1-2-22-8-6-11-9-4-3-5-10(9)14(15(18)19)16-13(11)12(7-8)17(20)21/h3-4,6-7,9-10,14,16H,2,5H2,1H3,(H,18,19)/p-1/t9-,10+,14+/m1/s1. The molecule has 7 nitrogen and oxygen atoms in total. The number of carbonyl (C=O) groups is 1. The average Bonchev–Trinajstić information content (AvgIpc) is 2.95. The summed E-state index contributed by atoms with van der Waals surface area (Å²) in [4.78, 5) is 22.2. The summed E-state index contributed by atoms with van der Waals surface area (Å²) in [6, 6.07) is 2.13. The van der Waals surface area contributed by atoms with E-state index < -0.39 is 16.9 Å². The number of allylic oxidation sites excluding steroid dienone is 2. The van der Waals surface area contributed by atoms with Crippen LogP contribution in [0.1, 0.15) is 24.8 Å². The van der Waals surface area contributed by atoms with E-state index in [4.69, 9.17) is 4.74 Å². The van der Waals surface area contributed by atoms with Crippen LogP contribution >= 0.6 is 0 Å². The van der Waals surface area contributed by atoms with Crippen LogP contribution in [0.3, 0.4) is 0 Å². The van der Waals surface area contributed by atoms with Crippen LogP contribution in [-0.4, -0.2) is 23.5 Å². The molecule has 1 aromatic carbocycles. The molecule has 1 aliphatic heterocycles. The summed E-state index contributed by atoms with van der Waals surface area (Å²) in [5.41, 5.74) is 0.773. The molecule has 0 radical (unpaired) electrons. The van der Waals surface area contributed by atoms with Crippen molar-refractivity contribution in [3.05, 3.63) is 40.0 Å². The molecule has 0 spiro atoms. The highest BCUT2D eigenvalue weighted by atomic mass is 16.6. The van der Waals surface area contributed by atoms with Crippen molar-refractivity contribution >= 4 is 17.3 Å². The molecule has 3 rings (SSSR count). The predicted molar refractivity (Wildman–Crippen MR) is 76.7 cm³/mol. The van der Waals surface area contributed by atoms with Gasteiger partial charge in [0.15, 0.2) is 0 Å². The van der Waals surface area contributed by atoms with E-state index in [1.54, 1.807) is 13.0 Å². The van der Waals surface area contributed by atoms with Gasteiger partial charge < -0.3 is 20.0 Å². The fourth-order valence-electron chi connectivity index (χ4n) is 3.28. The molecule has 1 heterocycles. The first-order valence-corrected chi connectivity index (χ1v) is 7.12. The molecule has 22 heavy (non-hydrogen) atoms. The molecule has 0 saturated heterocycles. The number of benzene rings is 1. The molecule has 2 aliphatic rings. The number of fused-ring (bicyclic) bond motifs is 3. The Hall–Kier alpha value is -2.57. The number of rotatable bonds is 4. The SMILES string of the molecule is CCOc1cc2c(c([N+](=O)[O-])c1)N[C@H](C(=O)[O-])[C@H]1CC=C[C@@H]21. The summed E-state index contributed by atoms with van der Waals surface area (Å²) in [7, 11) is 0. The fraction of sp³-hybridized carbons (Fsp3) is 0.400. The average molecular weight is 303 g/mol. The van der Waals surface area contributed by atoms with E-state index in [0.29, 0.717) is 24.3 Å². The lowest BCUT2D eigenvalue weighted by atomic mass is 9.79. The fourth-order valence-corrected chi connectivity index (χ4v) is 3.28. The highest BCUT2D eigenvalue weighted by molar-refractivity contribution is 5.82. The zero-order valence-corrected chi connectivity index (χ0v) is 11.9. The van der Waals surface area contributed by atoms with Crippen LogP contribution < -0.4 is 15.2 Å². The van der Waals surface area contributed by atoms with E-state index in [-0.39, 0.29) is 23.2 Å². The number of nitro benzene ring substituents is 1. The lowest BCUT2D eigenvalue weighted by Crippen LogP contribution is -2.49. The Bertz CT molecular complexity index is 670. The van der Waals surface area contributed by atoms with Gasteiger partial charge in [-0.15, -0.1) is 0 Å². The molecular formula is C15H15N2O5-. The molecule has 3 atom stereocenters. The van der Waals surface area contributed by atoms with Crippen LogP contribution in [0.4, 0.5) is 11.4 Å². The van der Waals surface area contributed by atoms with Crippen molar-refractivity contribution in [2.24, 2.45) is 5.92 Å². The summed E-state index contributed by atoms with van der Waals surface area (Å²) in [5, 5.41) is 25.5. The van der Waals surface area contributed by atoms with E-state index in [1.165, 1.54) is 6.07 Å². The normalized spacial score (nSPS) is 25.0. The Kier molecular flexibility index (Phi) is 3.48. The number of ether oxygens (including phenoxy) is 1. The van der Waals surface area contributed by atoms with Crippen LogP contribution in [0.2, 0.25) is 0 Å². The summed E-state index contributed by atoms with van der Waals surface area (Å²) in [6.45, 7) is 2.20. The number of nitro groups is 1. The first kappa shape index (κ1) is 14.4. The van der Waals surface area contributed by atoms with Gasteiger partial charge in [0.05, 0.1) is 29.6 Å². The van der Waals surface area contributed by atoms with Crippen LogP contribution in [0, 0.1) is 16.0 Å². The number of nitrogens with one attached hydrogen (secondary N) is 1. The highest BCUT2D eigenvalue weighted by Crippen LogP contribution is 2.49. The second-order valence-electron chi connectivity index (χ2n) is 5.39. The van der Waals surface area contributed by atoms with Crippen molar-refractivity contribution in [3.63, 3.8) is 0 Å². The van der Waals surface area contributed by atoms with Crippen molar-refractivity contribution in [3.8, 4) is 5.75 Å². The summed E-state index contributed by atoms with van der Waals surface area (Å²) < 4.78 is 5.40. The van der Waals surface area contributed by atoms with Gasteiger partial charge in [-0.25, -0.2) is 0 Å². The third-order valence-electron chi connectivity index (χ3n) is 4.18. The number of hydrogen-bond donors (Lipinski definition) is 1. The minimum Gasteiger partial charge on any atom is -0.548 e.